The first-order valence-corrected chi connectivity index (χ1v) is 11.2. The van der Waals surface area contributed by atoms with Gasteiger partial charge in [-0.3, -0.25) is 19.4 Å². The minimum absolute atomic E-state index is 0.0319. The van der Waals surface area contributed by atoms with Gasteiger partial charge in [-0.25, -0.2) is 0 Å². The van der Waals surface area contributed by atoms with Crippen LogP contribution in [0.4, 0.5) is 0 Å². The highest BCUT2D eigenvalue weighted by Gasteiger charge is 2.28. The van der Waals surface area contributed by atoms with E-state index >= 15 is 0 Å². The minimum Gasteiger partial charge on any atom is -0.355 e. The van der Waals surface area contributed by atoms with Crippen LogP contribution in [-0.4, -0.2) is 78.9 Å². The lowest BCUT2D eigenvalue weighted by atomic mass is 9.96. The van der Waals surface area contributed by atoms with E-state index in [1.54, 1.807) is 0 Å². The van der Waals surface area contributed by atoms with Crippen molar-refractivity contribution in [2.45, 2.75) is 19.9 Å². The number of benzene rings is 2. The molecule has 0 aromatic heterocycles. The first-order chi connectivity index (χ1) is 15.1. The Morgan fingerprint density at radius 1 is 0.871 bits per heavy atom. The molecule has 1 aliphatic heterocycles. The third-order valence-corrected chi connectivity index (χ3v) is 5.81. The van der Waals surface area contributed by atoms with Gasteiger partial charge < -0.3 is 10.2 Å². The van der Waals surface area contributed by atoms with E-state index < -0.39 is 0 Å². The summed E-state index contributed by atoms with van der Waals surface area (Å²) < 4.78 is 0. The van der Waals surface area contributed by atoms with Crippen LogP contribution in [-0.2, 0) is 9.59 Å². The van der Waals surface area contributed by atoms with Crippen LogP contribution in [0.1, 0.15) is 31.0 Å². The largest absolute Gasteiger partial charge is 0.355 e. The van der Waals surface area contributed by atoms with Gasteiger partial charge in [0.15, 0.2) is 0 Å². The molecule has 3 rings (SSSR count). The highest BCUT2D eigenvalue weighted by atomic mass is 16.2. The quantitative estimate of drug-likeness (QED) is 0.674. The molecule has 0 unspecified atom stereocenters. The first kappa shape index (κ1) is 23.0. The Morgan fingerprint density at radius 3 is 1.90 bits per heavy atom. The highest BCUT2D eigenvalue weighted by molar-refractivity contribution is 5.81. The Morgan fingerprint density at radius 2 is 1.42 bits per heavy atom. The third-order valence-electron chi connectivity index (χ3n) is 5.81. The van der Waals surface area contributed by atoms with Crippen molar-refractivity contribution >= 4 is 11.8 Å². The summed E-state index contributed by atoms with van der Waals surface area (Å²) in [6.07, 6.45) is 0. The summed E-state index contributed by atoms with van der Waals surface area (Å²) >= 11 is 0. The van der Waals surface area contributed by atoms with Crippen LogP contribution in [0.15, 0.2) is 60.7 Å². The molecule has 1 saturated heterocycles. The van der Waals surface area contributed by atoms with Gasteiger partial charge in [-0.15, -0.1) is 0 Å². The van der Waals surface area contributed by atoms with Crippen LogP contribution in [0.2, 0.25) is 0 Å². The van der Waals surface area contributed by atoms with Crippen LogP contribution >= 0.6 is 0 Å². The number of nitrogens with one attached hydrogen (secondary N) is 1. The summed E-state index contributed by atoms with van der Waals surface area (Å²) in [6.45, 7) is 8.76. The molecule has 0 bridgehead atoms. The molecule has 1 heterocycles. The second kappa shape index (κ2) is 11.6. The minimum atomic E-state index is -0.0319. The SMILES string of the molecule is CCNC(=O)CN(CC)CC(=O)N1CCN(C(c2ccccc2)c2ccccc2)CC1. The average molecular weight is 423 g/mol. The summed E-state index contributed by atoms with van der Waals surface area (Å²) in [5.74, 6) is 0.0669. The van der Waals surface area contributed by atoms with Crippen molar-refractivity contribution in [2.75, 3.05) is 52.4 Å². The zero-order chi connectivity index (χ0) is 22.1. The predicted molar refractivity (Wildman–Crippen MR) is 124 cm³/mol. The van der Waals surface area contributed by atoms with Gasteiger partial charge in [-0.05, 0) is 24.6 Å². The van der Waals surface area contributed by atoms with Gasteiger partial charge in [0.1, 0.15) is 0 Å². The molecule has 1 fully saturated rings. The molecule has 0 spiro atoms. The van der Waals surface area contributed by atoms with Crippen molar-refractivity contribution in [2.24, 2.45) is 0 Å². The van der Waals surface area contributed by atoms with Gasteiger partial charge in [-0.2, -0.15) is 0 Å². The Hall–Kier alpha value is -2.70. The molecule has 0 atom stereocenters. The van der Waals surface area contributed by atoms with Gasteiger partial charge in [0, 0.05) is 32.7 Å². The van der Waals surface area contributed by atoms with Crippen molar-refractivity contribution in [1.82, 2.24) is 20.0 Å². The second-order valence-electron chi connectivity index (χ2n) is 7.90. The number of rotatable bonds is 9. The van der Waals surface area contributed by atoms with Gasteiger partial charge in [0.05, 0.1) is 19.1 Å². The summed E-state index contributed by atoms with van der Waals surface area (Å²) in [6, 6.07) is 21.3. The molecule has 6 heteroatoms. The molecule has 166 valence electrons. The fourth-order valence-corrected chi connectivity index (χ4v) is 4.14. The van der Waals surface area contributed by atoms with Crippen molar-refractivity contribution in [3.05, 3.63) is 71.8 Å². The molecule has 0 radical (unpaired) electrons. The molecule has 2 aromatic rings. The predicted octanol–water partition coefficient (Wildman–Crippen LogP) is 2.38. The number of amides is 2. The number of likely N-dealkylation sites (N-methyl/N-ethyl adjacent to an activating group) is 2. The van der Waals surface area contributed by atoms with E-state index in [-0.39, 0.29) is 30.9 Å². The van der Waals surface area contributed by atoms with E-state index in [0.29, 0.717) is 26.2 Å². The number of nitrogens with zero attached hydrogens (tertiary/aromatic N) is 3. The lowest BCUT2D eigenvalue weighted by molar-refractivity contribution is -0.135. The molecular formula is C25H34N4O2. The van der Waals surface area contributed by atoms with Crippen molar-refractivity contribution < 1.29 is 9.59 Å². The maximum Gasteiger partial charge on any atom is 0.236 e. The van der Waals surface area contributed by atoms with E-state index in [1.807, 2.05) is 35.8 Å². The zero-order valence-electron chi connectivity index (χ0n) is 18.7. The number of hydrogen-bond acceptors (Lipinski definition) is 4. The standard InChI is InChI=1S/C25H34N4O2/c1-3-26-23(30)19-27(4-2)20-24(31)28-15-17-29(18-16-28)25(21-11-7-5-8-12-21)22-13-9-6-10-14-22/h5-14,25H,3-4,15-20H2,1-2H3,(H,26,30). The number of piperazine rings is 1. The normalized spacial score (nSPS) is 14.8. The fourth-order valence-electron chi connectivity index (χ4n) is 4.14. The number of hydrogen-bond donors (Lipinski definition) is 1. The molecule has 2 amide bonds. The molecule has 6 nitrogen and oxygen atoms in total. The summed E-state index contributed by atoms with van der Waals surface area (Å²) in [5.41, 5.74) is 2.54. The average Bonchev–Trinajstić information content (AvgIpc) is 2.81. The van der Waals surface area contributed by atoms with Crippen LogP contribution in [0.3, 0.4) is 0 Å². The first-order valence-electron chi connectivity index (χ1n) is 11.2. The van der Waals surface area contributed by atoms with Crippen molar-refractivity contribution in [3.8, 4) is 0 Å². The molecular weight excluding hydrogens is 388 g/mol. The van der Waals surface area contributed by atoms with Crippen LogP contribution in [0.25, 0.3) is 0 Å². The van der Waals surface area contributed by atoms with Gasteiger partial charge >= 0.3 is 0 Å². The highest BCUT2D eigenvalue weighted by Crippen LogP contribution is 2.29. The fraction of sp³-hybridized carbons (Fsp3) is 0.440. The maximum atomic E-state index is 12.9. The summed E-state index contributed by atoms with van der Waals surface area (Å²) in [5, 5.41) is 2.80. The second-order valence-corrected chi connectivity index (χ2v) is 7.90. The third kappa shape index (κ3) is 6.39. The lowest BCUT2D eigenvalue weighted by Gasteiger charge is -2.40. The van der Waals surface area contributed by atoms with Crippen molar-refractivity contribution in [3.63, 3.8) is 0 Å². The smallest absolute Gasteiger partial charge is 0.236 e. The van der Waals surface area contributed by atoms with Crippen LogP contribution < -0.4 is 5.32 Å². The van der Waals surface area contributed by atoms with E-state index in [4.69, 9.17) is 0 Å². The Labute approximate surface area is 185 Å². The van der Waals surface area contributed by atoms with Crippen LogP contribution in [0, 0.1) is 0 Å². The Balaban J connectivity index is 1.61. The number of carbonyl (C=O) groups is 2. The monoisotopic (exact) mass is 422 g/mol. The van der Waals surface area contributed by atoms with Gasteiger partial charge in [0.25, 0.3) is 0 Å². The maximum absolute atomic E-state index is 12.9. The van der Waals surface area contributed by atoms with Gasteiger partial charge in [0.2, 0.25) is 11.8 Å². The van der Waals surface area contributed by atoms with E-state index in [1.165, 1.54) is 11.1 Å². The molecule has 0 aliphatic carbocycles. The summed E-state index contributed by atoms with van der Waals surface area (Å²) in [4.78, 5) is 31.0. The van der Waals surface area contributed by atoms with Crippen LogP contribution in [0.5, 0.6) is 0 Å². The van der Waals surface area contributed by atoms with E-state index in [2.05, 4.69) is 58.7 Å². The molecule has 1 aliphatic rings. The Kier molecular flexibility index (Phi) is 8.62. The molecule has 2 aromatic carbocycles. The lowest BCUT2D eigenvalue weighted by Crippen LogP contribution is -2.52. The van der Waals surface area contributed by atoms with Gasteiger partial charge in [-0.1, -0.05) is 67.6 Å². The zero-order valence-corrected chi connectivity index (χ0v) is 18.7. The summed E-state index contributed by atoms with van der Waals surface area (Å²) in [7, 11) is 0. The topological polar surface area (TPSA) is 55.9 Å². The molecule has 31 heavy (non-hydrogen) atoms. The molecule has 1 N–H and O–H groups in total. The Bertz CT molecular complexity index is 780. The number of carbonyl (C=O) groups excluding carboxylic acids is 2. The molecule has 0 saturated carbocycles. The van der Waals surface area contributed by atoms with Crippen molar-refractivity contribution in [1.29, 1.82) is 0 Å². The van der Waals surface area contributed by atoms with E-state index in [9.17, 15) is 9.59 Å². The van der Waals surface area contributed by atoms with E-state index in [0.717, 1.165) is 13.1 Å².